The summed E-state index contributed by atoms with van der Waals surface area (Å²) < 4.78 is 15.8. The van der Waals surface area contributed by atoms with Crippen molar-refractivity contribution in [2.45, 2.75) is 24.4 Å². The zero-order valence-electron chi connectivity index (χ0n) is 15.8. The lowest BCUT2D eigenvalue weighted by atomic mass is 9.89. The van der Waals surface area contributed by atoms with Gasteiger partial charge in [0, 0.05) is 7.11 Å². The van der Waals surface area contributed by atoms with E-state index in [1.165, 1.54) is 13.2 Å². The van der Waals surface area contributed by atoms with Crippen LogP contribution in [-0.2, 0) is 14.2 Å². The Balaban J connectivity index is 1.72. The monoisotopic (exact) mass is 398 g/mol. The van der Waals surface area contributed by atoms with E-state index in [2.05, 4.69) is 0 Å². The van der Waals surface area contributed by atoms with Gasteiger partial charge in [0.05, 0.1) is 11.1 Å². The lowest BCUT2D eigenvalue weighted by Gasteiger charge is -2.36. The lowest BCUT2D eigenvalue weighted by Crippen LogP contribution is -2.52. The lowest BCUT2D eigenvalue weighted by molar-refractivity contribution is -0.111. The second-order valence-electron chi connectivity index (χ2n) is 6.56. The molecule has 0 saturated heterocycles. The minimum Gasteiger partial charge on any atom is -0.457 e. The fraction of sp³-hybridized carbons (Fsp3) is 0.273. The first-order chi connectivity index (χ1) is 14.0. The van der Waals surface area contributed by atoms with Crippen LogP contribution < -0.4 is 0 Å². The molecule has 0 fully saturated rings. The van der Waals surface area contributed by atoms with E-state index >= 15 is 0 Å². The smallest absolute Gasteiger partial charge is 0.338 e. The molecule has 0 aromatic heterocycles. The van der Waals surface area contributed by atoms with E-state index in [1.54, 1.807) is 60.7 Å². The van der Waals surface area contributed by atoms with Gasteiger partial charge in [-0.15, -0.1) is 0 Å². The number of benzene rings is 2. The van der Waals surface area contributed by atoms with Crippen LogP contribution in [0.1, 0.15) is 20.7 Å². The van der Waals surface area contributed by atoms with Crippen molar-refractivity contribution < 1.29 is 34.0 Å². The van der Waals surface area contributed by atoms with Crippen LogP contribution in [0.2, 0.25) is 0 Å². The number of aliphatic hydroxyl groups excluding tert-OH is 2. The number of carbonyl (C=O) groups is 2. The maximum absolute atomic E-state index is 12.4. The third-order valence-electron chi connectivity index (χ3n) is 4.65. The fourth-order valence-corrected chi connectivity index (χ4v) is 3.04. The van der Waals surface area contributed by atoms with E-state index in [0.717, 1.165) is 0 Å². The van der Waals surface area contributed by atoms with E-state index in [0.29, 0.717) is 5.56 Å². The molecule has 0 amide bonds. The molecule has 0 radical (unpaired) electrons. The molecule has 7 heteroatoms. The van der Waals surface area contributed by atoms with Crippen molar-refractivity contribution >= 4 is 11.9 Å². The minimum absolute atomic E-state index is 0.235. The number of methoxy groups -OCH3 is 1. The molecule has 0 unspecified atom stereocenters. The highest BCUT2D eigenvalue weighted by Crippen LogP contribution is 2.26. The van der Waals surface area contributed by atoms with Crippen molar-refractivity contribution in [1.29, 1.82) is 0 Å². The average Bonchev–Trinajstić information content (AvgIpc) is 2.77. The molecule has 0 heterocycles. The van der Waals surface area contributed by atoms with Gasteiger partial charge in [-0.3, -0.25) is 0 Å². The molecular weight excluding hydrogens is 376 g/mol. The third kappa shape index (κ3) is 4.89. The molecule has 4 atom stereocenters. The Bertz CT molecular complexity index is 863. The van der Waals surface area contributed by atoms with E-state index < -0.39 is 36.4 Å². The summed E-state index contributed by atoms with van der Waals surface area (Å²) in [5, 5.41) is 21.1. The van der Waals surface area contributed by atoms with Crippen molar-refractivity contribution in [3.63, 3.8) is 0 Å². The summed E-state index contributed by atoms with van der Waals surface area (Å²) in [5.74, 6) is -1.25. The van der Waals surface area contributed by atoms with Crippen LogP contribution in [-0.4, -0.2) is 60.3 Å². The number of ether oxygens (including phenoxy) is 3. The standard InChI is InChI=1S/C22H22O7/c1-27-17-12-16(13-28-21(25)14-8-4-2-5-9-14)18(23)20(19(17)24)29-22(26)15-10-6-3-7-11-15/h2-12,17-20,23-24H,13H2,1H3/t17-,18+,19-,20-/m1/s1. The van der Waals surface area contributed by atoms with E-state index in [1.807, 2.05) is 0 Å². The van der Waals surface area contributed by atoms with Crippen LogP contribution in [0.15, 0.2) is 72.3 Å². The summed E-state index contributed by atoms with van der Waals surface area (Å²) in [6.07, 6.45) is -3.27. The Morgan fingerprint density at radius 1 is 0.897 bits per heavy atom. The molecule has 7 nitrogen and oxygen atoms in total. The van der Waals surface area contributed by atoms with Crippen molar-refractivity contribution in [3.05, 3.63) is 83.4 Å². The first-order valence-corrected chi connectivity index (χ1v) is 9.09. The summed E-state index contributed by atoms with van der Waals surface area (Å²) in [4.78, 5) is 24.5. The number of hydrogen-bond acceptors (Lipinski definition) is 7. The van der Waals surface area contributed by atoms with Crippen LogP contribution in [0.4, 0.5) is 0 Å². The Labute approximate surface area is 168 Å². The first-order valence-electron chi connectivity index (χ1n) is 9.09. The van der Waals surface area contributed by atoms with Gasteiger partial charge in [0.25, 0.3) is 0 Å². The van der Waals surface area contributed by atoms with Gasteiger partial charge in [-0.25, -0.2) is 9.59 Å². The topological polar surface area (TPSA) is 102 Å². The minimum atomic E-state index is -1.35. The molecule has 1 aliphatic rings. The number of esters is 2. The Morgan fingerprint density at radius 2 is 1.45 bits per heavy atom. The highest BCUT2D eigenvalue weighted by molar-refractivity contribution is 5.90. The van der Waals surface area contributed by atoms with Gasteiger partial charge in [0.1, 0.15) is 24.9 Å². The highest BCUT2D eigenvalue weighted by Gasteiger charge is 2.41. The molecule has 0 bridgehead atoms. The Morgan fingerprint density at radius 3 is 2.00 bits per heavy atom. The predicted molar refractivity (Wildman–Crippen MR) is 103 cm³/mol. The second-order valence-corrected chi connectivity index (χ2v) is 6.56. The van der Waals surface area contributed by atoms with Gasteiger partial charge in [-0.05, 0) is 35.9 Å². The SMILES string of the molecule is CO[C@@H]1C=C(COC(=O)c2ccccc2)[C@H](O)[C@@H](OC(=O)c2ccccc2)[C@@H]1O. The highest BCUT2D eigenvalue weighted by atomic mass is 16.6. The van der Waals surface area contributed by atoms with Crippen LogP contribution in [0.25, 0.3) is 0 Å². The molecule has 29 heavy (non-hydrogen) atoms. The Hall–Kier alpha value is -3.00. The molecule has 0 saturated carbocycles. The van der Waals surface area contributed by atoms with E-state index in [9.17, 15) is 19.8 Å². The van der Waals surface area contributed by atoms with Gasteiger partial charge in [0.2, 0.25) is 0 Å². The molecular formula is C22H22O7. The number of carbonyl (C=O) groups excluding carboxylic acids is 2. The van der Waals surface area contributed by atoms with Crippen LogP contribution in [0.5, 0.6) is 0 Å². The molecule has 2 aromatic rings. The van der Waals surface area contributed by atoms with Gasteiger partial charge in [0.15, 0.2) is 6.10 Å². The molecule has 0 aliphatic heterocycles. The van der Waals surface area contributed by atoms with Crippen molar-refractivity contribution in [2.24, 2.45) is 0 Å². The molecule has 0 spiro atoms. The number of rotatable bonds is 6. The molecule has 3 rings (SSSR count). The summed E-state index contributed by atoms with van der Waals surface area (Å²) >= 11 is 0. The maximum atomic E-state index is 12.4. The quantitative estimate of drug-likeness (QED) is 0.564. The summed E-state index contributed by atoms with van der Waals surface area (Å²) in [7, 11) is 1.38. The Kier molecular flexibility index (Phi) is 6.77. The van der Waals surface area contributed by atoms with Crippen LogP contribution >= 0.6 is 0 Å². The van der Waals surface area contributed by atoms with Crippen LogP contribution in [0.3, 0.4) is 0 Å². The fourth-order valence-electron chi connectivity index (χ4n) is 3.04. The second kappa shape index (κ2) is 9.47. The summed E-state index contributed by atoms with van der Waals surface area (Å²) in [6, 6.07) is 16.7. The zero-order valence-corrected chi connectivity index (χ0v) is 15.8. The predicted octanol–water partition coefficient (Wildman–Crippen LogP) is 1.75. The molecule has 152 valence electrons. The van der Waals surface area contributed by atoms with Gasteiger partial charge >= 0.3 is 11.9 Å². The molecule has 2 aromatic carbocycles. The maximum Gasteiger partial charge on any atom is 0.338 e. The first kappa shape index (κ1) is 20.7. The van der Waals surface area contributed by atoms with Crippen molar-refractivity contribution in [1.82, 2.24) is 0 Å². The molecule has 2 N–H and O–H groups in total. The van der Waals surface area contributed by atoms with E-state index in [4.69, 9.17) is 14.2 Å². The number of hydrogen-bond donors (Lipinski definition) is 2. The zero-order chi connectivity index (χ0) is 20.8. The number of aliphatic hydroxyl groups is 2. The average molecular weight is 398 g/mol. The molecule has 1 aliphatic carbocycles. The van der Waals surface area contributed by atoms with Crippen LogP contribution in [0, 0.1) is 0 Å². The normalized spacial score (nSPS) is 23.8. The third-order valence-corrected chi connectivity index (χ3v) is 4.65. The van der Waals surface area contributed by atoms with Gasteiger partial charge < -0.3 is 24.4 Å². The summed E-state index contributed by atoms with van der Waals surface area (Å²) in [5.41, 5.74) is 0.929. The summed E-state index contributed by atoms with van der Waals surface area (Å²) in [6.45, 7) is -0.235. The van der Waals surface area contributed by atoms with Crippen molar-refractivity contribution in [3.8, 4) is 0 Å². The van der Waals surface area contributed by atoms with Gasteiger partial charge in [-0.1, -0.05) is 36.4 Å². The van der Waals surface area contributed by atoms with Gasteiger partial charge in [-0.2, -0.15) is 0 Å². The van der Waals surface area contributed by atoms with Crippen molar-refractivity contribution in [2.75, 3.05) is 13.7 Å². The van der Waals surface area contributed by atoms with E-state index in [-0.39, 0.29) is 17.7 Å². The largest absolute Gasteiger partial charge is 0.457 e.